The summed E-state index contributed by atoms with van der Waals surface area (Å²) in [5, 5.41) is 8.95. The number of hydrogen-bond donors (Lipinski definition) is 1. The number of hydrogen-bond acceptors (Lipinski definition) is 1. The van der Waals surface area contributed by atoms with Gasteiger partial charge in [0.2, 0.25) is 0 Å². The molecule has 0 aliphatic heterocycles. The zero-order valence-electron chi connectivity index (χ0n) is 10.8. The van der Waals surface area contributed by atoms with Crippen molar-refractivity contribution in [1.82, 2.24) is 0 Å². The van der Waals surface area contributed by atoms with Gasteiger partial charge in [-0.05, 0) is 55.2 Å². The Labute approximate surface area is 117 Å². The van der Waals surface area contributed by atoms with Crippen LogP contribution in [0.2, 0.25) is 0 Å². The second-order valence-electron chi connectivity index (χ2n) is 5.29. The molecule has 0 heterocycles. The number of carboxylic acid groups (broad SMARTS) is 1. The first-order chi connectivity index (χ1) is 8.52. The molecule has 3 unspecified atom stereocenters. The summed E-state index contributed by atoms with van der Waals surface area (Å²) in [4.78, 5) is 10.9. The van der Waals surface area contributed by atoms with Crippen molar-refractivity contribution in [3.63, 3.8) is 0 Å². The van der Waals surface area contributed by atoms with Gasteiger partial charge in [-0.1, -0.05) is 35.0 Å². The maximum atomic E-state index is 10.9. The summed E-state index contributed by atoms with van der Waals surface area (Å²) in [6, 6.07) is 6.47. The van der Waals surface area contributed by atoms with Crippen LogP contribution in [0.3, 0.4) is 0 Å². The van der Waals surface area contributed by atoms with E-state index in [1.165, 1.54) is 11.1 Å². The van der Waals surface area contributed by atoms with Crippen molar-refractivity contribution in [2.24, 2.45) is 11.8 Å². The van der Waals surface area contributed by atoms with E-state index in [2.05, 4.69) is 48.0 Å². The Bertz CT molecular complexity index is 456. The number of aliphatic carboxylic acids is 1. The Morgan fingerprint density at radius 2 is 2.28 bits per heavy atom. The Kier molecular flexibility index (Phi) is 4.10. The second kappa shape index (κ2) is 5.43. The minimum atomic E-state index is -0.623. The summed E-state index contributed by atoms with van der Waals surface area (Å²) in [6.07, 6.45) is 2.94. The molecule has 0 aromatic heterocycles. The fraction of sp³-hybridized carbons (Fsp3) is 0.533. The van der Waals surface area contributed by atoms with Crippen LogP contribution in [0.4, 0.5) is 0 Å². The molecule has 0 radical (unpaired) electrons. The zero-order valence-corrected chi connectivity index (χ0v) is 12.4. The highest BCUT2D eigenvalue weighted by atomic mass is 79.9. The highest BCUT2D eigenvalue weighted by molar-refractivity contribution is 9.10. The molecule has 3 heteroatoms. The molecule has 0 amide bonds. The van der Waals surface area contributed by atoms with E-state index in [9.17, 15) is 4.79 Å². The molecular formula is C15H19BrO2. The van der Waals surface area contributed by atoms with Gasteiger partial charge in [0.15, 0.2) is 0 Å². The summed E-state index contributed by atoms with van der Waals surface area (Å²) >= 11 is 3.51. The number of aryl methyl sites for hydroxylation is 1. The van der Waals surface area contributed by atoms with Gasteiger partial charge in [0.1, 0.15) is 0 Å². The first-order valence-electron chi connectivity index (χ1n) is 6.51. The van der Waals surface area contributed by atoms with Crippen LogP contribution in [0.15, 0.2) is 22.7 Å². The van der Waals surface area contributed by atoms with Gasteiger partial charge >= 0.3 is 5.97 Å². The normalized spacial score (nSPS) is 23.7. The molecule has 1 saturated carbocycles. The number of carboxylic acids is 1. The fourth-order valence-corrected chi connectivity index (χ4v) is 2.88. The van der Waals surface area contributed by atoms with Crippen molar-refractivity contribution in [2.45, 2.75) is 39.0 Å². The van der Waals surface area contributed by atoms with Crippen LogP contribution in [-0.2, 0) is 4.79 Å². The third-order valence-corrected chi connectivity index (χ3v) is 4.86. The van der Waals surface area contributed by atoms with Crippen LogP contribution in [0.25, 0.3) is 0 Å². The number of carbonyl (C=O) groups is 1. The van der Waals surface area contributed by atoms with Crippen LogP contribution in [0.1, 0.15) is 43.2 Å². The van der Waals surface area contributed by atoms with Gasteiger partial charge in [0, 0.05) is 4.47 Å². The standard InChI is InChI=1S/C15H19BrO2/c1-3-10(7-12-8-13(12)15(17)18)11-4-5-14(16)9(2)6-11/h4-6,10,12-13H,3,7-8H2,1-2H3,(H,17,18). The van der Waals surface area contributed by atoms with E-state index in [0.717, 1.165) is 23.7 Å². The summed E-state index contributed by atoms with van der Waals surface area (Å²) in [6.45, 7) is 4.28. The predicted molar refractivity (Wildman–Crippen MR) is 75.8 cm³/mol. The van der Waals surface area contributed by atoms with Gasteiger partial charge < -0.3 is 5.11 Å². The maximum Gasteiger partial charge on any atom is 0.306 e. The molecule has 0 bridgehead atoms. The lowest BCUT2D eigenvalue weighted by Gasteiger charge is -2.16. The van der Waals surface area contributed by atoms with E-state index in [-0.39, 0.29) is 5.92 Å². The zero-order chi connectivity index (χ0) is 13.3. The highest BCUT2D eigenvalue weighted by Gasteiger charge is 2.43. The number of rotatable bonds is 5. The average Bonchev–Trinajstić information content (AvgIpc) is 3.09. The Morgan fingerprint density at radius 1 is 1.56 bits per heavy atom. The van der Waals surface area contributed by atoms with Crippen molar-refractivity contribution < 1.29 is 9.90 Å². The smallest absolute Gasteiger partial charge is 0.306 e. The minimum absolute atomic E-state index is 0.0874. The van der Waals surface area contributed by atoms with Crippen LogP contribution < -0.4 is 0 Å². The van der Waals surface area contributed by atoms with E-state index < -0.39 is 5.97 Å². The van der Waals surface area contributed by atoms with Gasteiger partial charge in [0.05, 0.1) is 5.92 Å². The summed E-state index contributed by atoms with van der Waals surface area (Å²) in [7, 11) is 0. The Hall–Kier alpha value is -0.830. The monoisotopic (exact) mass is 310 g/mol. The van der Waals surface area contributed by atoms with E-state index >= 15 is 0 Å². The highest BCUT2D eigenvalue weighted by Crippen LogP contribution is 2.46. The quantitative estimate of drug-likeness (QED) is 0.877. The molecule has 0 spiro atoms. The third-order valence-electron chi connectivity index (χ3n) is 3.97. The van der Waals surface area contributed by atoms with Crippen molar-refractivity contribution in [3.05, 3.63) is 33.8 Å². The van der Waals surface area contributed by atoms with E-state index in [4.69, 9.17) is 5.11 Å². The third kappa shape index (κ3) is 2.94. The van der Waals surface area contributed by atoms with Gasteiger partial charge in [-0.25, -0.2) is 0 Å². The number of benzene rings is 1. The predicted octanol–water partition coefficient (Wildman–Crippen LogP) is 4.36. The molecule has 18 heavy (non-hydrogen) atoms. The molecule has 1 aromatic carbocycles. The van der Waals surface area contributed by atoms with Gasteiger partial charge in [-0.3, -0.25) is 4.79 Å². The van der Waals surface area contributed by atoms with E-state index in [0.29, 0.717) is 11.8 Å². The van der Waals surface area contributed by atoms with Crippen LogP contribution in [0, 0.1) is 18.8 Å². The average molecular weight is 311 g/mol. The molecule has 1 N–H and O–H groups in total. The second-order valence-corrected chi connectivity index (χ2v) is 6.14. The fourth-order valence-electron chi connectivity index (χ4n) is 2.64. The summed E-state index contributed by atoms with van der Waals surface area (Å²) < 4.78 is 1.14. The SMILES string of the molecule is CCC(CC1CC1C(=O)O)c1ccc(Br)c(C)c1. The Balaban J connectivity index is 2.05. The molecule has 1 aromatic rings. The summed E-state index contributed by atoms with van der Waals surface area (Å²) in [5.74, 6) is 0.167. The van der Waals surface area contributed by atoms with Gasteiger partial charge in [-0.2, -0.15) is 0 Å². The van der Waals surface area contributed by atoms with Crippen molar-refractivity contribution in [2.75, 3.05) is 0 Å². The molecule has 1 aliphatic rings. The van der Waals surface area contributed by atoms with Gasteiger partial charge in [0.25, 0.3) is 0 Å². The molecule has 1 fully saturated rings. The van der Waals surface area contributed by atoms with E-state index in [1.807, 2.05) is 0 Å². The van der Waals surface area contributed by atoms with Crippen molar-refractivity contribution in [1.29, 1.82) is 0 Å². The van der Waals surface area contributed by atoms with Crippen molar-refractivity contribution in [3.8, 4) is 0 Å². The molecule has 98 valence electrons. The number of halogens is 1. The van der Waals surface area contributed by atoms with Crippen LogP contribution >= 0.6 is 15.9 Å². The maximum absolute atomic E-state index is 10.9. The first kappa shape index (κ1) is 13.6. The van der Waals surface area contributed by atoms with E-state index in [1.54, 1.807) is 0 Å². The molecular weight excluding hydrogens is 292 g/mol. The lowest BCUT2D eigenvalue weighted by Crippen LogP contribution is -2.04. The largest absolute Gasteiger partial charge is 0.481 e. The van der Waals surface area contributed by atoms with Gasteiger partial charge in [-0.15, -0.1) is 0 Å². The van der Waals surface area contributed by atoms with Crippen LogP contribution in [-0.4, -0.2) is 11.1 Å². The molecule has 2 nitrogen and oxygen atoms in total. The topological polar surface area (TPSA) is 37.3 Å². The van der Waals surface area contributed by atoms with Crippen LogP contribution in [0.5, 0.6) is 0 Å². The molecule has 3 atom stereocenters. The Morgan fingerprint density at radius 3 is 2.78 bits per heavy atom. The summed E-state index contributed by atoms with van der Waals surface area (Å²) in [5.41, 5.74) is 2.59. The molecule has 2 rings (SSSR count). The van der Waals surface area contributed by atoms with Crippen molar-refractivity contribution >= 4 is 21.9 Å². The lowest BCUT2D eigenvalue weighted by atomic mass is 9.90. The first-order valence-corrected chi connectivity index (χ1v) is 7.31. The lowest BCUT2D eigenvalue weighted by molar-refractivity contribution is -0.138. The molecule has 0 saturated heterocycles. The minimum Gasteiger partial charge on any atom is -0.481 e. The molecule has 1 aliphatic carbocycles.